The Morgan fingerprint density at radius 2 is 2.29 bits per heavy atom. The average Bonchev–Trinajstić information content (AvgIpc) is 2.16. The molecule has 76 valence electrons. The molecular weight excluding hydrogens is 170 g/mol. The van der Waals surface area contributed by atoms with Gasteiger partial charge in [-0.05, 0) is 44.9 Å². The van der Waals surface area contributed by atoms with Gasteiger partial charge in [-0.3, -0.25) is 0 Å². The Hall–Kier alpha value is -1.24. The zero-order chi connectivity index (χ0) is 10.4. The van der Waals surface area contributed by atoms with Crippen LogP contribution in [-0.2, 0) is 0 Å². The van der Waals surface area contributed by atoms with Gasteiger partial charge in [-0.2, -0.15) is 0 Å². The first-order valence-electron chi connectivity index (χ1n) is 5.12. The molecule has 1 rings (SSSR count). The molecule has 0 unspecified atom stereocenters. The molecule has 1 nitrogen and oxygen atoms in total. The van der Waals surface area contributed by atoms with E-state index in [1.54, 1.807) is 0 Å². The summed E-state index contributed by atoms with van der Waals surface area (Å²) in [4.78, 5) is 0. The van der Waals surface area contributed by atoms with Gasteiger partial charge in [0.15, 0.2) is 0 Å². The van der Waals surface area contributed by atoms with E-state index in [-0.39, 0.29) is 0 Å². The highest BCUT2D eigenvalue weighted by Gasteiger charge is 1.98. The van der Waals surface area contributed by atoms with Crippen molar-refractivity contribution in [3.63, 3.8) is 0 Å². The second-order valence-electron chi connectivity index (χ2n) is 3.85. The highest BCUT2D eigenvalue weighted by molar-refractivity contribution is 5.27. The molecule has 0 aromatic carbocycles. The summed E-state index contributed by atoms with van der Waals surface area (Å²) in [5, 5.41) is 3.13. The minimum absolute atomic E-state index is 0.984. The zero-order valence-corrected chi connectivity index (χ0v) is 9.14. The first-order chi connectivity index (χ1) is 6.68. The van der Waals surface area contributed by atoms with Crippen molar-refractivity contribution in [2.75, 3.05) is 0 Å². The van der Waals surface area contributed by atoms with Crippen LogP contribution in [0, 0.1) is 0 Å². The lowest BCUT2D eigenvalue weighted by Crippen LogP contribution is -2.00. The van der Waals surface area contributed by atoms with Gasteiger partial charge in [-0.1, -0.05) is 30.4 Å². The van der Waals surface area contributed by atoms with Crippen molar-refractivity contribution in [2.45, 2.75) is 33.1 Å². The van der Waals surface area contributed by atoms with Crippen molar-refractivity contribution in [1.29, 1.82) is 0 Å². The van der Waals surface area contributed by atoms with Gasteiger partial charge < -0.3 is 5.32 Å². The Morgan fingerprint density at radius 1 is 1.50 bits per heavy atom. The topological polar surface area (TPSA) is 12.0 Å². The number of rotatable bonds is 4. The monoisotopic (exact) mass is 189 g/mol. The van der Waals surface area contributed by atoms with Crippen LogP contribution in [0.3, 0.4) is 0 Å². The third-order valence-corrected chi connectivity index (χ3v) is 2.12. The van der Waals surface area contributed by atoms with Crippen LogP contribution in [0.5, 0.6) is 0 Å². The average molecular weight is 189 g/mol. The third-order valence-electron chi connectivity index (χ3n) is 2.12. The van der Waals surface area contributed by atoms with E-state index in [1.165, 1.54) is 24.0 Å². The maximum absolute atomic E-state index is 3.79. The number of hydrogen-bond donors (Lipinski definition) is 1. The largest absolute Gasteiger partial charge is 0.366 e. The number of allylic oxidation sites excluding steroid dienone is 6. The van der Waals surface area contributed by atoms with Gasteiger partial charge in [-0.25, -0.2) is 0 Å². The summed E-state index contributed by atoms with van der Waals surface area (Å²) in [6.07, 6.45) is 12.2. The van der Waals surface area contributed by atoms with Crippen LogP contribution in [0.15, 0.2) is 47.9 Å². The minimum Gasteiger partial charge on any atom is -0.366 e. The van der Waals surface area contributed by atoms with E-state index >= 15 is 0 Å². The molecule has 0 fully saturated rings. The molecule has 1 N–H and O–H groups in total. The lowest BCUT2D eigenvalue weighted by molar-refractivity contribution is 0.972. The SMILES string of the molecule is C=C(C)N/C=C(\C)CC1=CCCC=C1. The van der Waals surface area contributed by atoms with Crippen molar-refractivity contribution < 1.29 is 0 Å². The predicted molar refractivity (Wildman–Crippen MR) is 62.8 cm³/mol. The molecule has 0 bridgehead atoms. The van der Waals surface area contributed by atoms with Gasteiger partial charge in [0.25, 0.3) is 0 Å². The summed E-state index contributed by atoms with van der Waals surface area (Å²) in [5.74, 6) is 0. The highest BCUT2D eigenvalue weighted by atomic mass is 14.8. The quantitative estimate of drug-likeness (QED) is 0.711. The Bertz CT molecular complexity index is 292. The van der Waals surface area contributed by atoms with Gasteiger partial charge in [0.1, 0.15) is 0 Å². The molecule has 0 amide bonds. The van der Waals surface area contributed by atoms with E-state index < -0.39 is 0 Å². The van der Waals surface area contributed by atoms with Crippen LogP contribution in [0.2, 0.25) is 0 Å². The van der Waals surface area contributed by atoms with Crippen molar-refractivity contribution in [2.24, 2.45) is 0 Å². The summed E-state index contributed by atoms with van der Waals surface area (Å²) < 4.78 is 0. The van der Waals surface area contributed by atoms with E-state index in [0.717, 1.165) is 12.1 Å². The number of hydrogen-bond acceptors (Lipinski definition) is 1. The van der Waals surface area contributed by atoms with Crippen molar-refractivity contribution in [1.82, 2.24) is 5.32 Å². The van der Waals surface area contributed by atoms with E-state index in [9.17, 15) is 0 Å². The van der Waals surface area contributed by atoms with Crippen LogP contribution in [0.1, 0.15) is 33.1 Å². The van der Waals surface area contributed by atoms with Gasteiger partial charge in [0.05, 0.1) is 0 Å². The van der Waals surface area contributed by atoms with E-state index in [2.05, 4.69) is 37.0 Å². The molecular formula is C13H19N. The fraction of sp³-hybridized carbons (Fsp3) is 0.385. The summed E-state index contributed by atoms with van der Waals surface area (Å²) >= 11 is 0. The normalized spacial score (nSPS) is 16.4. The Kier molecular flexibility index (Phi) is 4.24. The van der Waals surface area contributed by atoms with Gasteiger partial charge in [0.2, 0.25) is 0 Å². The smallest absolute Gasteiger partial charge is 0.00420 e. The molecule has 0 aromatic heterocycles. The standard InChI is InChI=1S/C13H19N/c1-11(2)14-10-12(3)9-13-7-5-4-6-8-13/h5,7-8,10,14H,1,4,6,9H2,2-3H3/b12-10+. The number of nitrogens with one attached hydrogen (secondary N) is 1. The summed E-state index contributed by atoms with van der Waals surface area (Å²) in [6.45, 7) is 7.89. The van der Waals surface area contributed by atoms with Gasteiger partial charge in [0, 0.05) is 5.70 Å². The van der Waals surface area contributed by atoms with Gasteiger partial charge in [-0.15, -0.1) is 0 Å². The van der Waals surface area contributed by atoms with E-state index in [1.807, 2.05) is 13.1 Å². The molecule has 0 spiro atoms. The fourth-order valence-corrected chi connectivity index (χ4v) is 1.42. The molecule has 0 atom stereocenters. The maximum Gasteiger partial charge on any atom is 0.00420 e. The maximum atomic E-state index is 3.79. The third kappa shape index (κ3) is 4.13. The molecule has 1 aliphatic rings. The van der Waals surface area contributed by atoms with E-state index in [0.29, 0.717) is 0 Å². The van der Waals surface area contributed by atoms with Crippen LogP contribution in [0.4, 0.5) is 0 Å². The molecule has 0 saturated heterocycles. The molecule has 0 saturated carbocycles. The lowest BCUT2D eigenvalue weighted by Gasteiger charge is -2.07. The minimum atomic E-state index is 0.984. The summed E-state index contributed by atoms with van der Waals surface area (Å²) in [7, 11) is 0. The predicted octanol–water partition coefficient (Wildman–Crippen LogP) is 3.68. The molecule has 0 radical (unpaired) electrons. The Morgan fingerprint density at radius 3 is 2.86 bits per heavy atom. The van der Waals surface area contributed by atoms with Crippen LogP contribution in [-0.4, -0.2) is 0 Å². The highest BCUT2D eigenvalue weighted by Crippen LogP contribution is 2.16. The van der Waals surface area contributed by atoms with E-state index in [4.69, 9.17) is 0 Å². The Labute approximate surface area is 86.9 Å². The summed E-state index contributed by atoms with van der Waals surface area (Å²) in [6, 6.07) is 0. The lowest BCUT2D eigenvalue weighted by atomic mass is 10.0. The molecule has 14 heavy (non-hydrogen) atoms. The molecule has 1 aliphatic carbocycles. The van der Waals surface area contributed by atoms with Crippen molar-refractivity contribution in [3.8, 4) is 0 Å². The Balaban J connectivity index is 2.43. The molecule has 0 aliphatic heterocycles. The van der Waals surface area contributed by atoms with Crippen molar-refractivity contribution in [3.05, 3.63) is 47.9 Å². The van der Waals surface area contributed by atoms with Gasteiger partial charge >= 0.3 is 0 Å². The first kappa shape index (κ1) is 10.8. The van der Waals surface area contributed by atoms with Crippen LogP contribution in [0.25, 0.3) is 0 Å². The zero-order valence-electron chi connectivity index (χ0n) is 9.14. The van der Waals surface area contributed by atoms with Crippen LogP contribution >= 0.6 is 0 Å². The molecule has 0 heterocycles. The van der Waals surface area contributed by atoms with Crippen molar-refractivity contribution >= 4 is 0 Å². The second-order valence-corrected chi connectivity index (χ2v) is 3.85. The molecule has 1 heteroatoms. The first-order valence-corrected chi connectivity index (χ1v) is 5.12. The molecule has 0 aromatic rings. The van der Waals surface area contributed by atoms with Crippen LogP contribution < -0.4 is 5.32 Å². The summed E-state index contributed by atoms with van der Waals surface area (Å²) in [5.41, 5.74) is 3.75. The fourth-order valence-electron chi connectivity index (χ4n) is 1.42. The second kappa shape index (κ2) is 5.48.